The molecule has 0 aromatic heterocycles. The highest BCUT2D eigenvalue weighted by molar-refractivity contribution is 7.60. The van der Waals surface area contributed by atoms with E-state index in [1.165, 1.54) is 54.9 Å². The van der Waals surface area contributed by atoms with Crippen molar-refractivity contribution < 1.29 is 14.7 Å². The van der Waals surface area contributed by atoms with Gasteiger partial charge in [0, 0.05) is 0 Å². The van der Waals surface area contributed by atoms with Crippen LogP contribution in [0.4, 0.5) is 0 Å². The highest BCUT2D eigenvalue weighted by Crippen LogP contribution is 2.66. The molecule has 0 radical (unpaired) electrons. The van der Waals surface area contributed by atoms with Crippen molar-refractivity contribution >= 4 is 29.5 Å². The van der Waals surface area contributed by atoms with Crippen molar-refractivity contribution in [2.75, 3.05) is 0 Å². The molecule has 3 N–H and O–H groups in total. The van der Waals surface area contributed by atoms with Gasteiger partial charge in [-0.15, -0.1) is 0 Å². The molecule has 4 heteroatoms. The number of rotatable bonds is 16. The zero-order valence-electron chi connectivity index (χ0n) is 35.2. The summed E-state index contributed by atoms with van der Waals surface area (Å²) in [7, 11) is -4.37. The Morgan fingerprint density at radius 3 is 1.02 bits per heavy atom. The van der Waals surface area contributed by atoms with E-state index in [2.05, 4.69) is 132 Å². The van der Waals surface area contributed by atoms with E-state index in [-0.39, 0.29) is 11.8 Å². The molecule has 0 saturated carbocycles. The normalized spacial score (nSPS) is 16.9. The summed E-state index contributed by atoms with van der Waals surface area (Å²) in [5.74, 6) is 1.68. The Bertz CT molecular complexity index is 1710. The van der Waals surface area contributed by atoms with Crippen LogP contribution < -0.4 is 0 Å². The fourth-order valence-corrected chi connectivity index (χ4v) is 8.81. The van der Waals surface area contributed by atoms with Crippen LogP contribution in [0.1, 0.15) is 221 Å². The number of benzene rings is 4. The van der Waals surface area contributed by atoms with Gasteiger partial charge in [-0.2, -0.15) is 14.7 Å². The minimum absolute atomic E-state index is 0.238. The lowest BCUT2D eigenvalue weighted by atomic mass is 9.72. The smallest absolute Gasteiger partial charge is 0.192 e. The maximum absolute atomic E-state index is 11.5. The van der Waals surface area contributed by atoms with Crippen LogP contribution in [-0.4, -0.2) is 19.8 Å². The largest absolute Gasteiger partial charge is 0.410 e. The van der Waals surface area contributed by atoms with Gasteiger partial charge in [-0.25, -0.2) is 0 Å². The quantitative estimate of drug-likeness (QED) is 0.101. The minimum Gasteiger partial charge on any atom is -0.192 e. The fourth-order valence-electron chi connectivity index (χ4n) is 8.19. The highest BCUT2D eigenvalue weighted by atomic mass is 31.2. The van der Waals surface area contributed by atoms with Crippen LogP contribution in [-0.2, 0) is 0 Å². The van der Waals surface area contributed by atoms with Gasteiger partial charge in [-0.05, 0) is 166 Å². The third-order valence-electron chi connectivity index (χ3n) is 13.5. The monoisotopic (exact) mass is 728 g/mol. The van der Waals surface area contributed by atoms with Gasteiger partial charge in [-0.1, -0.05) is 119 Å². The predicted molar refractivity (Wildman–Crippen MR) is 230 cm³/mol. The first-order valence-corrected chi connectivity index (χ1v) is 22.3. The van der Waals surface area contributed by atoms with Crippen LogP contribution in [0.5, 0.6) is 0 Å². The Hall–Kier alpha value is -2.29. The lowest BCUT2D eigenvalue weighted by molar-refractivity contribution is 0.283. The van der Waals surface area contributed by atoms with Gasteiger partial charge in [0.2, 0.25) is 0 Å². The Labute approximate surface area is 318 Å². The molecule has 0 spiro atoms. The van der Waals surface area contributed by atoms with Gasteiger partial charge in [0.1, 0.15) is 0 Å². The van der Waals surface area contributed by atoms with Gasteiger partial charge in [-0.3, -0.25) is 0 Å². The molecule has 3 nitrogen and oxygen atoms in total. The molecule has 52 heavy (non-hydrogen) atoms. The Balaban J connectivity index is 2.28. The lowest BCUT2D eigenvalue weighted by Crippen LogP contribution is -2.35. The summed E-state index contributed by atoms with van der Waals surface area (Å²) in [5, 5.41) is 3.76. The molecule has 0 fully saturated rings. The average molecular weight is 728 g/mol. The van der Waals surface area contributed by atoms with Crippen molar-refractivity contribution in [1.29, 1.82) is 0 Å². The van der Waals surface area contributed by atoms with E-state index in [0.717, 1.165) is 49.7 Å². The van der Waals surface area contributed by atoms with E-state index in [4.69, 9.17) is 0 Å². The van der Waals surface area contributed by atoms with E-state index >= 15 is 0 Å². The summed E-state index contributed by atoms with van der Waals surface area (Å²) in [6, 6.07) is 19.3. The van der Waals surface area contributed by atoms with Crippen molar-refractivity contribution in [2.24, 2.45) is 0 Å². The molecule has 0 bridgehead atoms. The van der Waals surface area contributed by atoms with Crippen LogP contribution in [0.25, 0.3) is 21.5 Å². The molecule has 6 atom stereocenters. The molecule has 6 unspecified atom stereocenters. The molecule has 4 aromatic rings. The summed E-state index contributed by atoms with van der Waals surface area (Å²) in [5.41, 5.74) is 10.2. The van der Waals surface area contributed by atoms with Gasteiger partial charge in [0.05, 0.1) is 5.92 Å². The topological polar surface area (TPSA) is 60.7 Å². The van der Waals surface area contributed by atoms with E-state index in [1.807, 2.05) is 13.8 Å². The second-order valence-electron chi connectivity index (χ2n) is 17.1. The standard InChI is InChI=1S/C48H72O3P/c1-15-29(7)35-21-37-25-41(33(11)19-5)45(27-43(37)39(23-35)31(9)17-3)47(48(13,14)52(49,50)51)46-28-44-38(26-42(46)34(12)20-6)22-36(30(8)16-2)24-40(44)32(10)18-4/h21-34,47,49-51H,15-20H2,1-14H3/q+1. The Morgan fingerprint density at radius 2 is 0.731 bits per heavy atom. The number of hydrogen-bond donors (Lipinski definition) is 3. The van der Waals surface area contributed by atoms with Crippen LogP contribution in [0.15, 0.2) is 48.5 Å². The minimum atomic E-state index is -4.37. The van der Waals surface area contributed by atoms with E-state index < -0.39 is 19.0 Å². The summed E-state index contributed by atoms with van der Waals surface area (Å²) < 4.78 is 0. The highest BCUT2D eigenvalue weighted by Gasteiger charge is 2.58. The van der Waals surface area contributed by atoms with Crippen LogP contribution in [0, 0.1) is 0 Å². The SMILES string of the molecule is CCC(C)c1cc(C(C)CC)c2cc(C(c3cc4c(C(C)CC)cc(C(C)CC)cc4cc3C(C)CC)C(C)(C)[P+](O)(O)O)c(C(C)CC)cc2c1. The van der Waals surface area contributed by atoms with E-state index in [1.54, 1.807) is 0 Å². The summed E-state index contributed by atoms with van der Waals surface area (Å²) in [6.45, 7) is 31.2. The molecular formula is C48H72O3P+. The fraction of sp³-hybridized carbons (Fsp3) is 0.583. The Kier molecular flexibility index (Phi) is 13.9. The van der Waals surface area contributed by atoms with Gasteiger partial charge >= 0.3 is 7.94 Å². The molecular weight excluding hydrogens is 655 g/mol. The van der Waals surface area contributed by atoms with Gasteiger partial charge < -0.3 is 0 Å². The third kappa shape index (κ3) is 8.19. The first kappa shape index (κ1) is 42.5. The van der Waals surface area contributed by atoms with Crippen LogP contribution in [0.2, 0.25) is 0 Å². The maximum atomic E-state index is 11.5. The average Bonchev–Trinajstić information content (AvgIpc) is 3.13. The first-order valence-electron chi connectivity index (χ1n) is 20.7. The lowest BCUT2D eigenvalue weighted by Gasteiger charge is -2.38. The number of fused-ring (bicyclic) bond motifs is 2. The summed E-state index contributed by atoms with van der Waals surface area (Å²) >= 11 is 0. The van der Waals surface area contributed by atoms with E-state index in [9.17, 15) is 14.7 Å². The Morgan fingerprint density at radius 1 is 0.423 bits per heavy atom. The maximum Gasteiger partial charge on any atom is 0.410 e. The predicted octanol–water partition coefficient (Wildman–Crippen LogP) is 14.7. The van der Waals surface area contributed by atoms with Crippen molar-refractivity contribution in [1.82, 2.24) is 0 Å². The second-order valence-corrected chi connectivity index (χ2v) is 19.4. The molecule has 0 aliphatic rings. The molecule has 0 aliphatic heterocycles. The number of hydrogen-bond acceptors (Lipinski definition) is 3. The third-order valence-corrected chi connectivity index (χ3v) is 15.3. The first-order chi connectivity index (χ1) is 24.4. The second kappa shape index (κ2) is 17.0. The van der Waals surface area contributed by atoms with Gasteiger partial charge in [0.25, 0.3) is 0 Å². The van der Waals surface area contributed by atoms with Crippen LogP contribution >= 0.6 is 7.94 Å². The van der Waals surface area contributed by atoms with Crippen molar-refractivity contribution in [3.63, 3.8) is 0 Å². The molecule has 286 valence electrons. The molecule has 0 aliphatic carbocycles. The van der Waals surface area contributed by atoms with Crippen molar-refractivity contribution in [2.45, 2.75) is 182 Å². The molecule has 0 amide bonds. The van der Waals surface area contributed by atoms with Crippen molar-refractivity contribution in [3.8, 4) is 0 Å². The van der Waals surface area contributed by atoms with E-state index in [0.29, 0.717) is 23.7 Å². The molecule has 4 aromatic carbocycles. The summed E-state index contributed by atoms with van der Waals surface area (Å²) in [6.07, 6.45) is 6.16. The van der Waals surface area contributed by atoms with Crippen molar-refractivity contribution in [3.05, 3.63) is 93.0 Å². The zero-order valence-corrected chi connectivity index (χ0v) is 36.1. The van der Waals surface area contributed by atoms with Gasteiger partial charge in [0.15, 0.2) is 5.16 Å². The molecule has 0 saturated heterocycles. The molecule has 0 heterocycles. The zero-order chi connectivity index (χ0) is 38.9. The van der Waals surface area contributed by atoms with Crippen LogP contribution in [0.3, 0.4) is 0 Å². The molecule has 4 rings (SSSR count). The summed E-state index contributed by atoms with van der Waals surface area (Å²) in [4.78, 5) is 34.4.